The lowest BCUT2D eigenvalue weighted by molar-refractivity contribution is -0.384. The van der Waals surface area contributed by atoms with Gasteiger partial charge in [0, 0.05) is 25.2 Å². The summed E-state index contributed by atoms with van der Waals surface area (Å²) in [5.74, 6) is -0.280. The summed E-state index contributed by atoms with van der Waals surface area (Å²) in [6.07, 6.45) is 0.931. The van der Waals surface area contributed by atoms with Crippen molar-refractivity contribution in [1.29, 1.82) is 0 Å². The molecule has 1 rings (SSSR count). The standard InChI is InChI=1S/C14H21N3O6S/c1-5-15(6-2)14(18)10-16(24(4,21)22)12-9-11(17(19)20)7-8-13(12)23-3/h7-9H,5-6,10H2,1-4H3. The van der Waals surface area contributed by atoms with Gasteiger partial charge >= 0.3 is 0 Å². The molecule has 0 heterocycles. The third-order valence-electron chi connectivity index (χ3n) is 3.44. The second-order valence-electron chi connectivity index (χ2n) is 4.95. The number of anilines is 1. The predicted molar refractivity (Wildman–Crippen MR) is 89.8 cm³/mol. The first-order chi connectivity index (χ1) is 11.1. The molecule has 0 radical (unpaired) electrons. The molecule has 0 N–H and O–H groups in total. The lowest BCUT2D eigenvalue weighted by atomic mass is 10.2. The summed E-state index contributed by atoms with van der Waals surface area (Å²) in [7, 11) is -2.54. The van der Waals surface area contributed by atoms with Crippen molar-refractivity contribution in [1.82, 2.24) is 4.90 Å². The Labute approximate surface area is 141 Å². The third kappa shape index (κ3) is 4.57. The highest BCUT2D eigenvalue weighted by atomic mass is 32.2. The van der Waals surface area contributed by atoms with E-state index in [0.29, 0.717) is 13.1 Å². The van der Waals surface area contributed by atoms with Crippen molar-refractivity contribution < 1.29 is 22.9 Å². The smallest absolute Gasteiger partial charge is 0.271 e. The lowest BCUT2D eigenvalue weighted by Crippen LogP contribution is -2.42. The number of methoxy groups -OCH3 is 1. The predicted octanol–water partition coefficient (Wildman–Crippen LogP) is 1.24. The molecule has 0 atom stereocenters. The molecule has 0 fully saturated rings. The van der Waals surface area contributed by atoms with E-state index >= 15 is 0 Å². The Bertz CT molecular complexity index is 715. The van der Waals surface area contributed by atoms with E-state index < -0.39 is 27.4 Å². The largest absolute Gasteiger partial charge is 0.495 e. The van der Waals surface area contributed by atoms with E-state index in [2.05, 4.69) is 0 Å². The minimum Gasteiger partial charge on any atom is -0.495 e. The van der Waals surface area contributed by atoms with E-state index in [4.69, 9.17) is 4.74 Å². The summed E-state index contributed by atoms with van der Waals surface area (Å²) in [6, 6.07) is 3.58. The zero-order valence-corrected chi connectivity index (χ0v) is 14.9. The Morgan fingerprint density at radius 3 is 2.29 bits per heavy atom. The number of nitro groups is 1. The summed E-state index contributed by atoms with van der Waals surface area (Å²) in [6.45, 7) is 3.95. The second-order valence-corrected chi connectivity index (χ2v) is 6.86. The van der Waals surface area contributed by atoms with E-state index in [9.17, 15) is 23.3 Å². The Kier molecular flexibility index (Phi) is 6.52. The average molecular weight is 359 g/mol. The fourth-order valence-corrected chi connectivity index (χ4v) is 3.01. The molecule has 0 saturated carbocycles. The molecule has 0 saturated heterocycles. The van der Waals surface area contributed by atoms with Crippen molar-refractivity contribution in [3.63, 3.8) is 0 Å². The van der Waals surface area contributed by atoms with Gasteiger partial charge in [-0.1, -0.05) is 0 Å². The molecule has 0 spiro atoms. The van der Waals surface area contributed by atoms with Gasteiger partial charge in [-0.3, -0.25) is 19.2 Å². The van der Waals surface area contributed by atoms with Crippen molar-refractivity contribution in [2.45, 2.75) is 13.8 Å². The first-order valence-corrected chi connectivity index (χ1v) is 9.08. The number of sulfonamides is 1. The normalized spacial score (nSPS) is 11.0. The Balaban J connectivity index is 3.39. The van der Waals surface area contributed by atoms with Gasteiger partial charge in [-0.25, -0.2) is 8.42 Å². The second kappa shape index (κ2) is 7.95. The average Bonchev–Trinajstić information content (AvgIpc) is 2.52. The maximum absolute atomic E-state index is 12.3. The van der Waals surface area contributed by atoms with E-state index in [0.717, 1.165) is 16.6 Å². The van der Waals surface area contributed by atoms with Gasteiger partial charge < -0.3 is 9.64 Å². The van der Waals surface area contributed by atoms with E-state index in [1.807, 2.05) is 0 Å². The van der Waals surface area contributed by atoms with Gasteiger partial charge in [0.15, 0.2) is 0 Å². The first kappa shape index (κ1) is 19.7. The number of likely N-dealkylation sites (N-methyl/N-ethyl adjacent to an activating group) is 1. The van der Waals surface area contributed by atoms with Crippen LogP contribution in [0.15, 0.2) is 18.2 Å². The molecule has 0 aromatic heterocycles. The van der Waals surface area contributed by atoms with Crippen LogP contribution in [-0.4, -0.2) is 57.1 Å². The van der Waals surface area contributed by atoms with Crippen LogP contribution in [0.1, 0.15) is 13.8 Å². The molecule has 1 amide bonds. The first-order valence-electron chi connectivity index (χ1n) is 7.23. The number of nitrogens with zero attached hydrogens (tertiary/aromatic N) is 3. The number of carbonyl (C=O) groups is 1. The zero-order chi connectivity index (χ0) is 18.5. The van der Waals surface area contributed by atoms with Crippen LogP contribution >= 0.6 is 0 Å². The molecule has 10 heteroatoms. The van der Waals surface area contributed by atoms with Crippen molar-refractivity contribution >= 4 is 27.3 Å². The van der Waals surface area contributed by atoms with Crippen LogP contribution in [0.5, 0.6) is 5.75 Å². The number of hydrogen-bond donors (Lipinski definition) is 0. The van der Waals surface area contributed by atoms with Gasteiger partial charge in [0.05, 0.1) is 18.3 Å². The SMILES string of the molecule is CCN(CC)C(=O)CN(c1cc([N+](=O)[O-])ccc1OC)S(C)(=O)=O. The number of ether oxygens (including phenoxy) is 1. The van der Waals surface area contributed by atoms with Crippen molar-refractivity contribution in [3.8, 4) is 5.75 Å². The lowest BCUT2D eigenvalue weighted by Gasteiger charge is -2.26. The quantitative estimate of drug-likeness (QED) is 0.510. The van der Waals surface area contributed by atoms with Gasteiger partial charge in [0.25, 0.3) is 5.69 Å². The molecule has 9 nitrogen and oxygen atoms in total. The maximum Gasteiger partial charge on any atom is 0.271 e. The molecule has 0 aliphatic heterocycles. The Morgan fingerprint density at radius 2 is 1.88 bits per heavy atom. The van der Waals surface area contributed by atoms with Gasteiger partial charge in [-0.05, 0) is 19.9 Å². The molecule has 0 unspecified atom stereocenters. The molecule has 0 aliphatic rings. The number of nitro benzene ring substituents is 1. The molecule has 24 heavy (non-hydrogen) atoms. The fourth-order valence-electron chi connectivity index (χ4n) is 2.17. The molecular weight excluding hydrogens is 338 g/mol. The number of carbonyl (C=O) groups excluding carboxylic acids is 1. The molecule has 0 bridgehead atoms. The molecule has 134 valence electrons. The number of rotatable bonds is 8. The topological polar surface area (TPSA) is 110 Å². The number of non-ortho nitro benzene ring substituents is 1. The summed E-state index contributed by atoms with van der Waals surface area (Å²) in [5, 5.41) is 11.0. The van der Waals surface area contributed by atoms with Gasteiger partial charge in [0.1, 0.15) is 18.0 Å². The Hall–Kier alpha value is -2.36. The van der Waals surface area contributed by atoms with Crippen molar-refractivity contribution in [2.24, 2.45) is 0 Å². The van der Waals surface area contributed by atoms with Crippen LogP contribution in [0.3, 0.4) is 0 Å². The van der Waals surface area contributed by atoms with Gasteiger partial charge in [0.2, 0.25) is 15.9 Å². The van der Waals surface area contributed by atoms with Crippen molar-refractivity contribution in [2.75, 3.05) is 37.3 Å². The zero-order valence-electron chi connectivity index (χ0n) is 14.1. The van der Waals surface area contributed by atoms with Gasteiger partial charge in [-0.2, -0.15) is 0 Å². The molecular formula is C14H21N3O6S. The maximum atomic E-state index is 12.3. The van der Waals surface area contributed by atoms with Crippen molar-refractivity contribution in [3.05, 3.63) is 28.3 Å². The summed E-state index contributed by atoms with van der Waals surface area (Å²) < 4.78 is 30.2. The highest BCUT2D eigenvalue weighted by Crippen LogP contribution is 2.33. The van der Waals surface area contributed by atoms with Crippen LogP contribution in [0.2, 0.25) is 0 Å². The van der Waals surface area contributed by atoms with E-state index in [1.165, 1.54) is 24.1 Å². The molecule has 1 aromatic rings. The highest BCUT2D eigenvalue weighted by molar-refractivity contribution is 7.92. The van der Waals surface area contributed by atoms with Crippen LogP contribution in [0.4, 0.5) is 11.4 Å². The number of hydrogen-bond acceptors (Lipinski definition) is 6. The minimum absolute atomic E-state index is 0.0466. The number of amides is 1. The van der Waals surface area contributed by atoms with E-state index in [1.54, 1.807) is 13.8 Å². The highest BCUT2D eigenvalue weighted by Gasteiger charge is 2.27. The van der Waals surface area contributed by atoms with Gasteiger partial charge in [-0.15, -0.1) is 0 Å². The monoisotopic (exact) mass is 359 g/mol. The van der Waals surface area contributed by atoms with Crippen LogP contribution in [-0.2, 0) is 14.8 Å². The minimum atomic E-state index is -3.85. The molecule has 0 aliphatic carbocycles. The number of benzene rings is 1. The molecule has 1 aromatic carbocycles. The summed E-state index contributed by atoms with van der Waals surface area (Å²) >= 11 is 0. The summed E-state index contributed by atoms with van der Waals surface area (Å²) in [4.78, 5) is 24.1. The third-order valence-corrected chi connectivity index (χ3v) is 4.56. The Morgan fingerprint density at radius 1 is 1.29 bits per heavy atom. The van der Waals surface area contributed by atoms with Crippen LogP contribution < -0.4 is 9.04 Å². The summed E-state index contributed by atoms with van der Waals surface area (Å²) in [5.41, 5.74) is -0.343. The van der Waals surface area contributed by atoms with E-state index in [-0.39, 0.29) is 17.1 Å². The van der Waals surface area contributed by atoms with Crippen LogP contribution in [0, 0.1) is 10.1 Å². The fraction of sp³-hybridized carbons (Fsp3) is 0.500. The van der Waals surface area contributed by atoms with Crippen LogP contribution in [0.25, 0.3) is 0 Å².